The van der Waals surface area contributed by atoms with Gasteiger partial charge >= 0.3 is 0 Å². The quantitative estimate of drug-likeness (QED) is 0.201. The van der Waals surface area contributed by atoms with Gasteiger partial charge in [-0.1, -0.05) is 122 Å². The van der Waals surface area contributed by atoms with Crippen LogP contribution in [0.4, 0.5) is 0 Å². The van der Waals surface area contributed by atoms with E-state index in [0.717, 1.165) is 6.42 Å². The molecule has 0 atom stereocenters. The smallest absolute Gasteiger partial charge is 0.0442 e. The van der Waals surface area contributed by atoms with Gasteiger partial charge in [-0.2, -0.15) is 0 Å². The molecule has 0 aliphatic carbocycles. The molecule has 0 radical (unpaired) electrons. The van der Waals surface area contributed by atoms with E-state index < -0.39 is 8.07 Å². The molecule has 0 amide bonds. The lowest BCUT2D eigenvalue weighted by Crippen LogP contribution is -2.18. The number of aliphatic hydroxyl groups is 1. The van der Waals surface area contributed by atoms with E-state index in [1.54, 1.807) is 0 Å². The molecule has 0 saturated heterocycles. The maximum atomic E-state index is 8.71. The third-order valence-electron chi connectivity index (χ3n) is 4.83. The monoisotopic (exact) mass is 342 g/mol. The number of aliphatic hydroxyl groups excluding tert-OH is 1. The number of rotatable bonds is 18. The van der Waals surface area contributed by atoms with Crippen LogP contribution >= 0.6 is 0 Å². The van der Waals surface area contributed by atoms with Crippen LogP contribution in [0.2, 0.25) is 25.7 Å². The van der Waals surface area contributed by atoms with E-state index in [1.807, 2.05) is 0 Å². The fourth-order valence-corrected chi connectivity index (χ4v) is 4.55. The first-order valence-corrected chi connectivity index (χ1v) is 14.4. The molecule has 1 nitrogen and oxygen atoms in total. The highest BCUT2D eigenvalue weighted by Crippen LogP contribution is 2.16. The van der Waals surface area contributed by atoms with Crippen molar-refractivity contribution in [1.29, 1.82) is 0 Å². The highest BCUT2D eigenvalue weighted by Gasteiger charge is 2.11. The van der Waals surface area contributed by atoms with Gasteiger partial charge < -0.3 is 5.11 Å². The van der Waals surface area contributed by atoms with Crippen LogP contribution in [-0.2, 0) is 0 Å². The normalized spacial score (nSPS) is 12.0. The van der Waals surface area contributed by atoms with E-state index in [4.69, 9.17) is 5.11 Å². The summed E-state index contributed by atoms with van der Waals surface area (Å²) in [7, 11) is -0.776. The first-order chi connectivity index (χ1) is 11.1. The molecule has 0 aliphatic heterocycles. The molecule has 0 aromatic rings. The summed E-state index contributed by atoms with van der Waals surface area (Å²) in [5.74, 6) is 0. The fraction of sp³-hybridized carbons (Fsp3) is 1.00. The summed E-state index contributed by atoms with van der Waals surface area (Å²) < 4.78 is 0. The highest BCUT2D eigenvalue weighted by molar-refractivity contribution is 6.76. The van der Waals surface area contributed by atoms with E-state index >= 15 is 0 Å². The maximum Gasteiger partial charge on any atom is 0.0442 e. The molecule has 0 aromatic carbocycles. The number of hydrogen-bond acceptors (Lipinski definition) is 1. The Morgan fingerprint density at radius 1 is 0.435 bits per heavy atom. The first-order valence-electron chi connectivity index (χ1n) is 10.7. The minimum Gasteiger partial charge on any atom is -0.396 e. The van der Waals surface area contributed by atoms with Crippen LogP contribution in [0.3, 0.4) is 0 Å². The van der Waals surface area contributed by atoms with Gasteiger partial charge in [-0.3, -0.25) is 0 Å². The van der Waals surface area contributed by atoms with E-state index in [1.165, 1.54) is 102 Å². The average Bonchev–Trinajstić information content (AvgIpc) is 2.49. The zero-order valence-corrected chi connectivity index (χ0v) is 17.7. The molecule has 0 saturated carbocycles. The summed E-state index contributed by atoms with van der Waals surface area (Å²) >= 11 is 0. The van der Waals surface area contributed by atoms with Crippen molar-refractivity contribution >= 4 is 8.07 Å². The fourth-order valence-electron chi connectivity index (χ4n) is 3.24. The van der Waals surface area contributed by atoms with E-state index in [-0.39, 0.29) is 0 Å². The van der Waals surface area contributed by atoms with Gasteiger partial charge in [-0.05, 0) is 6.42 Å². The van der Waals surface area contributed by atoms with Gasteiger partial charge in [-0.15, -0.1) is 0 Å². The Kier molecular flexibility index (Phi) is 17.1. The molecule has 140 valence electrons. The van der Waals surface area contributed by atoms with Crippen molar-refractivity contribution in [2.45, 2.75) is 128 Å². The maximum absolute atomic E-state index is 8.71. The van der Waals surface area contributed by atoms with Crippen molar-refractivity contribution in [1.82, 2.24) is 0 Å². The highest BCUT2D eigenvalue weighted by atomic mass is 28.3. The average molecular weight is 343 g/mol. The van der Waals surface area contributed by atoms with Crippen molar-refractivity contribution in [3.05, 3.63) is 0 Å². The molecular formula is C21H46OSi. The second-order valence-corrected chi connectivity index (χ2v) is 14.3. The van der Waals surface area contributed by atoms with E-state index in [9.17, 15) is 0 Å². The summed E-state index contributed by atoms with van der Waals surface area (Å²) in [5.41, 5.74) is 0. The van der Waals surface area contributed by atoms with Gasteiger partial charge in [-0.25, -0.2) is 0 Å². The lowest BCUT2D eigenvalue weighted by molar-refractivity contribution is 0.282. The Balaban J connectivity index is 3.00. The number of unbranched alkanes of at least 4 members (excludes halogenated alkanes) is 15. The van der Waals surface area contributed by atoms with Crippen molar-refractivity contribution in [2.24, 2.45) is 0 Å². The standard InChI is InChI=1S/C21H46OSi/c1-23(2,3)21-19-17-15-13-11-9-7-5-4-6-8-10-12-14-16-18-20-22/h22H,4-21H2,1-3H3. The summed E-state index contributed by atoms with van der Waals surface area (Å²) in [6.45, 7) is 7.84. The van der Waals surface area contributed by atoms with Gasteiger partial charge in [0.15, 0.2) is 0 Å². The van der Waals surface area contributed by atoms with Crippen LogP contribution in [0.5, 0.6) is 0 Å². The molecule has 0 heterocycles. The van der Waals surface area contributed by atoms with Crippen LogP contribution in [0.1, 0.15) is 103 Å². The molecular weight excluding hydrogens is 296 g/mol. The third-order valence-corrected chi connectivity index (χ3v) is 6.69. The van der Waals surface area contributed by atoms with E-state index in [2.05, 4.69) is 19.6 Å². The molecule has 0 aromatic heterocycles. The van der Waals surface area contributed by atoms with Crippen molar-refractivity contribution < 1.29 is 5.11 Å². The van der Waals surface area contributed by atoms with Crippen molar-refractivity contribution in [3.63, 3.8) is 0 Å². The SMILES string of the molecule is C[Si](C)(C)CCCCCCCCCCCCCCCCCCO. The van der Waals surface area contributed by atoms with Crippen LogP contribution in [0.25, 0.3) is 0 Å². The predicted octanol–water partition coefficient (Wildman–Crippen LogP) is 7.56. The third kappa shape index (κ3) is 22.2. The molecule has 2 heteroatoms. The summed E-state index contributed by atoms with van der Waals surface area (Å²) in [5, 5.41) is 8.71. The van der Waals surface area contributed by atoms with Crippen LogP contribution < -0.4 is 0 Å². The molecule has 0 fully saturated rings. The molecule has 23 heavy (non-hydrogen) atoms. The lowest BCUT2D eigenvalue weighted by Gasteiger charge is -2.14. The second-order valence-electron chi connectivity index (χ2n) is 8.69. The molecule has 1 N–H and O–H groups in total. The summed E-state index contributed by atoms with van der Waals surface area (Å²) in [6.07, 6.45) is 22.4. The van der Waals surface area contributed by atoms with Gasteiger partial charge in [0.2, 0.25) is 0 Å². The predicted molar refractivity (Wildman–Crippen MR) is 109 cm³/mol. The van der Waals surface area contributed by atoms with E-state index in [0.29, 0.717) is 6.61 Å². The molecule has 0 unspecified atom stereocenters. The summed E-state index contributed by atoms with van der Waals surface area (Å²) in [4.78, 5) is 0. The van der Waals surface area contributed by atoms with Crippen LogP contribution in [0.15, 0.2) is 0 Å². The molecule has 0 rings (SSSR count). The minimum absolute atomic E-state index is 0.373. The Bertz CT molecular complexity index is 222. The Hall–Kier alpha value is 0.177. The number of hydrogen-bond donors (Lipinski definition) is 1. The van der Waals surface area contributed by atoms with Crippen molar-refractivity contribution in [2.75, 3.05) is 6.61 Å². The van der Waals surface area contributed by atoms with Crippen LogP contribution in [-0.4, -0.2) is 19.8 Å². The molecule has 0 bridgehead atoms. The Morgan fingerprint density at radius 3 is 0.957 bits per heavy atom. The lowest BCUT2D eigenvalue weighted by atomic mass is 10.0. The largest absolute Gasteiger partial charge is 0.396 e. The zero-order valence-electron chi connectivity index (χ0n) is 16.7. The van der Waals surface area contributed by atoms with Gasteiger partial charge in [0.05, 0.1) is 0 Å². The second kappa shape index (κ2) is 17.0. The van der Waals surface area contributed by atoms with Crippen molar-refractivity contribution in [3.8, 4) is 0 Å². The Labute approximate surface area is 148 Å². The van der Waals surface area contributed by atoms with Gasteiger partial charge in [0.25, 0.3) is 0 Å². The molecule has 0 aliphatic rings. The zero-order chi connectivity index (χ0) is 17.2. The van der Waals surface area contributed by atoms with Gasteiger partial charge in [0, 0.05) is 14.7 Å². The van der Waals surface area contributed by atoms with Crippen LogP contribution in [0, 0.1) is 0 Å². The Morgan fingerprint density at radius 2 is 0.696 bits per heavy atom. The molecule has 0 spiro atoms. The minimum atomic E-state index is -0.776. The first kappa shape index (κ1) is 23.2. The van der Waals surface area contributed by atoms with Gasteiger partial charge in [0.1, 0.15) is 0 Å². The summed E-state index contributed by atoms with van der Waals surface area (Å²) in [6, 6.07) is 1.52. The topological polar surface area (TPSA) is 20.2 Å².